The van der Waals surface area contributed by atoms with Crippen molar-refractivity contribution in [3.8, 4) is 5.75 Å². The maximum absolute atomic E-state index is 11.7. The van der Waals surface area contributed by atoms with Crippen LogP contribution in [0.25, 0.3) is 0 Å². The molecular weight excluding hydrogens is 270 g/mol. The Labute approximate surface area is 122 Å². The second kappa shape index (κ2) is 5.88. The van der Waals surface area contributed by atoms with Crippen LogP contribution in [0.5, 0.6) is 5.75 Å². The highest BCUT2D eigenvalue weighted by molar-refractivity contribution is 5.94. The minimum atomic E-state index is -0.349. The van der Waals surface area contributed by atoms with Crippen molar-refractivity contribution in [1.82, 2.24) is 5.43 Å². The molecule has 21 heavy (non-hydrogen) atoms. The van der Waals surface area contributed by atoms with Crippen LogP contribution in [0.15, 0.2) is 41.0 Å². The van der Waals surface area contributed by atoms with E-state index >= 15 is 0 Å². The zero-order valence-electron chi connectivity index (χ0n) is 11.5. The van der Waals surface area contributed by atoms with E-state index in [2.05, 4.69) is 10.3 Å². The minimum Gasteiger partial charge on any atom is -0.491 e. The number of amides is 1. The number of hydrazine groups is 1. The lowest BCUT2D eigenvalue weighted by atomic mass is 10.2. The largest absolute Gasteiger partial charge is 0.491 e. The molecule has 0 radical (unpaired) electrons. The Morgan fingerprint density at radius 3 is 3.05 bits per heavy atom. The number of nitrogen functional groups attached to an aromatic ring is 1. The number of ether oxygens (including phenoxy) is 1. The first-order valence-corrected chi connectivity index (χ1v) is 6.83. The van der Waals surface area contributed by atoms with Gasteiger partial charge in [0.05, 0.1) is 30.7 Å². The molecular formula is C15H17N3O3. The lowest BCUT2D eigenvalue weighted by molar-refractivity contribution is 0.0951. The van der Waals surface area contributed by atoms with E-state index in [4.69, 9.17) is 15.0 Å². The van der Waals surface area contributed by atoms with E-state index in [9.17, 15) is 4.79 Å². The summed E-state index contributed by atoms with van der Waals surface area (Å²) < 4.78 is 11.2. The zero-order chi connectivity index (χ0) is 14.7. The summed E-state index contributed by atoms with van der Waals surface area (Å²) >= 11 is 0. The van der Waals surface area contributed by atoms with Gasteiger partial charge >= 0.3 is 0 Å². The van der Waals surface area contributed by atoms with E-state index in [1.165, 1.54) is 6.26 Å². The highest BCUT2D eigenvalue weighted by Crippen LogP contribution is 2.32. The normalized spacial score (nSPS) is 14.0. The number of hydrogen-bond donors (Lipinski definition) is 2. The van der Waals surface area contributed by atoms with Crippen molar-refractivity contribution in [1.29, 1.82) is 0 Å². The summed E-state index contributed by atoms with van der Waals surface area (Å²) in [7, 11) is 0. The summed E-state index contributed by atoms with van der Waals surface area (Å²) in [4.78, 5) is 13.9. The van der Waals surface area contributed by atoms with Crippen LogP contribution in [0.1, 0.15) is 22.5 Å². The van der Waals surface area contributed by atoms with Gasteiger partial charge in [0.2, 0.25) is 0 Å². The number of fused-ring (bicyclic) bond motifs is 1. The fraction of sp³-hybridized carbons (Fsp3) is 0.267. The third-order valence-electron chi connectivity index (χ3n) is 3.49. The second-order valence-corrected chi connectivity index (χ2v) is 4.82. The highest BCUT2D eigenvalue weighted by atomic mass is 16.5. The molecule has 0 fully saturated rings. The molecule has 0 saturated carbocycles. The van der Waals surface area contributed by atoms with Crippen molar-refractivity contribution in [2.45, 2.75) is 13.0 Å². The fourth-order valence-corrected chi connectivity index (χ4v) is 2.48. The average Bonchev–Trinajstić information content (AvgIpc) is 2.88. The number of nitrogens with two attached hydrogens (primary N) is 1. The monoisotopic (exact) mass is 287 g/mol. The van der Waals surface area contributed by atoms with Gasteiger partial charge in [0.15, 0.2) is 0 Å². The molecule has 6 heteroatoms. The van der Waals surface area contributed by atoms with Crippen molar-refractivity contribution in [2.75, 3.05) is 18.1 Å². The molecule has 2 aromatic rings. The number of hydrogen-bond acceptors (Lipinski definition) is 5. The molecule has 2 heterocycles. The summed E-state index contributed by atoms with van der Waals surface area (Å²) in [5.41, 5.74) is 3.60. The number of rotatable bonds is 3. The maximum Gasteiger partial charge on any atom is 0.268 e. The molecule has 3 rings (SSSR count). The van der Waals surface area contributed by atoms with Gasteiger partial charge in [-0.1, -0.05) is 12.1 Å². The Bertz CT molecular complexity index is 639. The summed E-state index contributed by atoms with van der Waals surface area (Å²) in [6.45, 7) is 2.01. The van der Waals surface area contributed by atoms with Crippen molar-refractivity contribution in [2.24, 2.45) is 5.84 Å². The average molecular weight is 287 g/mol. The van der Waals surface area contributed by atoms with E-state index in [0.29, 0.717) is 24.5 Å². The van der Waals surface area contributed by atoms with Gasteiger partial charge in [0.25, 0.3) is 5.91 Å². The topological polar surface area (TPSA) is 80.7 Å². The van der Waals surface area contributed by atoms with Gasteiger partial charge < -0.3 is 14.1 Å². The molecule has 1 aliphatic rings. The Balaban J connectivity index is 1.88. The number of carbonyl (C=O) groups is 1. The Morgan fingerprint density at radius 1 is 1.33 bits per heavy atom. The third-order valence-corrected chi connectivity index (χ3v) is 3.49. The molecule has 1 aliphatic heterocycles. The number of carbonyl (C=O) groups excluding carboxylic acids is 1. The Kier molecular flexibility index (Phi) is 3.79. The predicted molar refractivity (Wildman–Crippen MR) is 78.0 cm³/mol. The van der Waals surface area contributed by atoms with Crippen LogP contribution in [0.3, 0.4) is 0 Å². The summed E-state index contributed by atoms with van der Waals surface area (Å²) in [6.07, 6.45) is 2.41. The lowest BCUT2D eigenvalue weighted by Crippen LogP contribution is -2.31. The molecule has 0 bridgehead atoms. The van der Waals surface area contributed by atoms with Gasteiger partial charge in [-0.25, -0.2) is 5.84 Å². The summed E-state index contributed by atoms with van der Waals surface area (Å²) in [6, 6.07) is 9.49. The second-order valence-electron chi connectivity index (χ2n) is 4.82. The van der Waals surface area contributed by atoms with Crippen LogP contribution in [-0.4, -0.2) is 19.1 Å². The first kappa shape index (κ1) is 13.5. The van der Waals surface area contributed by atoms with Crippen LogP contribution in [0, 0.1) is 0 Å². The molecule has 0 unspecified atom stereocenters. The number of nitrogens with zero attached hydrogens (tertiary/aromatic N) is 1. The lowest BCUT2D eigenvalue weighted by Gasteiger charge is -2.23. The zero-order valence-corrected chi connectivity index (χ0v) is 11.5. The number of benzene rings is 1. The number of para-hydroxylation sites is 2. The number of nitrogens with one attached hydrogen (secondary N) is 1. The molecule has 0 atom stereocenters. The van der Waals surface area contributed by atoms with Crippen molar-refractivity contribution in [3.63, 3.8) is 0 Å². The van der Waals surface area contributed by atoms with E-state index in [1.54, 1.807) is 6.07 Å². The van der Waals surface area contributed by atoms with Crippen LogP contribution < -0.4 is 20.9 Å². The number of anilines is 1. The maximum atomic E-state index is 11.7. The molecule has 0 saturated heterocycles. The molecule has 6 nitrogen and oxygen atoms in total. The smallest absolute Gasteiger partial charge is 0.268 e. The summed E-state index contributed by atoms with van der Waals surface area (Å²) in [5.74, 6) is 6.29. The first-order valence-electron chi connectivity index (χ1n) is 6.83. The molecule has 3 N–H and O–H groups in total. The molecule has 1 amide bonds. The van der Waals surface area contributed by atoms with Gasteiger partial charge in [-0.2, -0.15) is 0 Å². The number of furan rings is 1. The first-order chi connectivity index (χ1) is 10.3. The molecule has 0 spiro atoms. The van der Waals surface area contributed by atoms with Crippen LogP contribution >= 0.6 is 0 Å². The quantitative estimate of drug-likeness (QED) is 0.510. The van der Waals surface area contributed by atoms with Crippen LogP contribution in [0.2, 0.25) is 0 Å². The molecule has 110 valence electrons. The molecule has 0 aliphatic carbocycles. The van der Waals surface area contributed by atoms with E-state index < -0.39 is 0 Å². The Morgan fingerprint density at radius 2 is 2.19 bits per heavy atom. The van der Waals surface area contributed by atoms with Crippen molar-refractivity contribution >= 4 is 11.6 Å². The van der Waals surface area contributed by atoms with E-state index in [1.807, 2.05) is 24.3 Å². The third kappa shape index (κ3) is 2.71. The SMILES string of the molecule is NNC(=O)c1ccoc1CN1CCCOc2ccccc21. The van der Waals surface area contributed by atoms with Gasteiger partial charge in [-0.15, -0.1) is 0 Å². The van der Waals surface area contributed by atoms with Gasteiger partial charge in [0.1, 0.15) is 11.5 Å². The van der Waals surface area contributed by atoms with E-state index in [0.717, 1.165) is 24.4 Å². The Hall–Kier alpha value is -2.47. The van der Waals surface area contributed by atoms with Crippen LogP contribution in [0.4, 0.5) is 5.69 Å². The summed E-state index contributed by atoms with van der Waals surface area (Å²) in [5, 5.41) is 0. The minimum absolute atomic E-state index is 0.349. The highest BCUT2D eigenvalue weighted by Gasteiger charge is 2.20. The van der Waals surface area contributed by atoms with Crippen LogP contribution in [-0.2, 0) is 6.54 Å². The molecule has 1 aromatic carbocycles. The van der Waals surface area contributed by atoms with Crippen molar-refractivity contribution < 1.29 is 13.9 Å². The van der Waals surface area contributed by atoms with E-state index in [-0.39, 0.29) is 5.91 Å². The van der Waals surface area contributed by atoms with Crippen molar-refractivity contribution in [3.05, 3.63) is 47.9 Å². The molecule has 1 aromatic heterocycles. The fourth-order valence-electron chi connectivity index (χ4n) is 2.48. The van der Waals surface area contributed by atoms with Gasteiger partial charge in [0, 0.05) is 6.54 Å². The standard InChI is InChI=1S/C15H17N3O3/c16-17-15(19)11-6-9-21-14(11)10-18-7-3-8-20-13-5-2-1-4-12(13)18/h1-2,4-6,9H,3,7-8,10,16H2,(H,17,19). The van der Waals surface area contributed by atoms with Gasteiger partial charge in [-0.05, 0) is 24.6 Å². The predicted octanol–water partition coefficient (Wildman–Crippen LogP) is 1.67. The van der Waals surface area contributed by atoms with Gasteiger partial charge in [-0.3, -0.25) is 10.2 Å².